The monoisotopic (exact) mass is 332 g/mol. The molecule has 2 heterocycles. The van der Waals surface area contributed by atoms with Gasteiger partial charge in [-0.15, -0.1) is 0 Å². The summed E-state index contributed by atoms with van der Waals surface area (Å²) >= 11 is 0. The van der Waals surface area contributed by atoms with E-state index in [1.54, 1.807) is 0 Å². The molecule has 2 amide bonds. The van der Waals surface area contributed by atoms with Gasteiger partial charge in [0.25, 0.3) is 23.1 Å². The SMILES string of the molecule is Cc1cc([N+](=O)[O-])cc(F)c1-n1c(N)c2c(cc1=O)C(=O)NC2=O. The zero-order valence-electron chi connectivity index (χ0n) is 12.1. The Kier molecular flexibility index (Phi) is 3.18. The van der Waals surface area contributed by atoms with E-state index in [4.69, 9.17) is 5.73 Å². The summed E-state index contributed by atoms with van der Waals surface area (Å²) in [6.07, 6.45) is 0. The van der Waals surface area contributed by atoms with Crippen molar-refractivity contribution in [2.75, 3.05) is 5.73 Å². The van der Waals surface area contributed by atoms with Gasteiger partial charge in [-0.3, -0.25) is 34.4 Å². The van der Waals surface area contributed by atoms with Crippen molar-refractivity contribution in [1.29, 1.82) is 0 Å². The van der Waals surface area contributed by atoms with Crippen molar-refractivity contribution in [2.45, 2.75) is 6.92 Å². The number of benzene rings is 1. The number of aryl methyl sites for hydroxylation is 1. The van der Waals surface area contributed by atoms with Gasteiger partial charge in [0.1, 0.15) is 5.82 Å². The Morgan fingerprint density at radius 2 is 1.88 bits per heavy atom. The maximum atomic E-state index is 14.4. The number of nitrogen functional groups attached to an aromatic ring is 1. The van der Waals surface area contributed by atoms with Crippen LogP contribution < -0.4 is 16.6 Å². The van der Waals surface area contributed by atoms with Crippen LogP contribution in [0.4, 0.5) is 15.9 Å². The van der Waals surface area contributed by atoms with E-state index in [9.17, 15) is 28.9 Å². The number of aromatic nitrogens is 1. The van der Waals surface area contributed by atoms with Gasteiger partial charge in [0.15, 0.2) is 5.82 Å². The number of halogens is 1. The van der Waals surface area contributed by atoms with Crippen LogP contribution in [0.2, 0.25) is 0 Å². The van der Waals surface area contributed by atoms with Crippen LogP contribution in [0, 0.1) is 22.9 Å². The number of nitrogens with zero attached hydrogens (tertiary/aromatic N) is 2. The molecule has 3 rings (SSSR count). The van der Waals surface area contributed by atoms with E-state index >= 15 is 0 Å². The smallest absolute Gasteiger partial charge is 0.272 e. The number of carbonyl (C=O) groups excluding carboxylic acids is 2. The van der Waals surface area contributed by atoms with Crippen LogP contribution in [0.15, 0.2) is 23.0 Å². The first-order valence-electron chi connectivity index (χ1n) is 6.58. The van der Waals surface area contributed by atoms with E-state index in [0.29, 0.717) is 10.6 Å². The Balaban J connectivity index is 2.36. The number of hydrogen-bond acceptors (Lipinski definition) is 6. The van der Waals surface area contributed by atoms with E-state index in [1.165, 1.54) is 6.92 Å². The predicted molar refractivity (Wildman–Crippen MR) is 79.6 cm³/mol. The van der Waals surface area contributed by atoms with Gasteiger partial charge in [-0.25, -0.2) is 4.39 Å². The molecule has 2 aromatic rings. The number of fused-ring (bicyclic) bond motifs is 1. The molecule has 0 bridgehead atoms. The molecule has 0 aliphatic carbocycles. The number of nitro groups is 1. The standard InChI is InChI=1S/C14H9FN4O5/c1-5-2-6(19(23)24)3-8(15)11(5)18-9(20)4-7-10(12(18)16)14(22)17-13(7)21/h2-4H,16H2,1H3,(H,17,21,22). The number of non-ortho nitro benzene ring substituents is 1. The van der Waals surface area contributed by atoms with Crippen molar-refractivity contribution >= 4 is 23.3 Å². The topological polar surface area (TPSA) is 137 Å². The Hall–Kier alpha value is -3.56. The summed E-state index contributed by atoms with van der Waals surface area (Å²) in [5, 5.41) is 12.8. The molecule has 1 aliphatic heterocycles. The molecule has 0 saturated heterocycles. The van der Waals surface area contributed by atoms with Crippen LogP contribution in [-0.4, -0.2) is 21.3 Å². The van der Waals surface area contributed by atoms with E-state index in [1.807, 2.05) is 5.32 Å². The first kappa shape index (κ1) is 15.3. The van der Waals surface area contributed by atoms with Crippen LogP contribution in [0.3, 0.4) is 0 Å². The van der Waals surface area contributed by atoms with Crippen molar-refractivity contribution in [3.63, 3.8) is 0 Å². The zero-order valence-corrected chi connectivity index (χ0v) is 12.1. The fourth-order valence-corrected chi connectivity index (χ4v) is 2.62. The Bertz CT molecular complexity index is 988. The highest BCUT2D eigenvalue weighted by atomic mass is 19.1. The lowest BCUT2D eigenvalue weighted by atomic mass is 10.1. The molecule has 1 aromatic carbocycles. The number of carbonyl (C=O) groups is 2. The van der Waals surface area contributed by atoms with E-state index in [2.05, 4.69) is 0 Å². The normalized spacial score (nSPS) is 12.9. The molecule has 3 N–H and O–H groups in total. The minimum Gasteiger partial charge on any atom is -0.384 e. The third-order valence-corrected chi connectivity index (χ3v) is 3.63. The number of nitrogens with one attached hydrogen (secondary N) is 1. The van der Waals surface area contributed by atoms with Gasteiger partial charge in [-0.1, -0.05) is 0 Å². The van der Waals surface area contributed by atoms with Crippen LogP contribution >= 0.6 is 0 Å². The average molecular weight is 332 g/mol. The quantitative estimate of drug-likeness (QED) is 0.471. The van der Waals surface area contributed by atoms with Gasteiger partial charge in [0.2, 0.25) is 0 Å². The number of hydrogen-bond donors (Lipinski definition) is 2. The summed E-state index contributed by atoms with van der Waals surface area (Å²) in [6.45, 7) is 1.36. The third-order valence-electron chi connectivity index (χ3n) is 3.63. The fourth-order valence-electron chi connectivity index (χ4n) is 2.62. The molecule has 0 unspecified atom stereocenters. The van der Waals surface area contributed by atoms with Crippen molar-refractivity contribution in [3.05, 3.63) is 61.2 Å². The lowest BCUT2D eigenvalue weighted by molar-refractivity contribution is -0.385. The van der Waals surface area contributed by atoms with Gasteiger partial charge >= 0.3 is 0 Å². The summed E-state index contributed by atoms with van der Waals surface area (Å²) in [5.74, 6) is -3.05. The lowest BCUT2D eigenvalue weighted by Gasteiger charge is -2.14. The molecule has 9 nitrogen and oxygen atoms in total. The van der Waals surface area contributed by atoms with Crippen molar-refractivity contribution in [1.82, 2.24) is 9.88 Å². The number of amides is 2. The Morgan fingerprint density at radius 1 is 1.21 bits per heavy atom. The zero-order chi connectivity index (χ0) is 17.8. The van der Waals surface area contributed by atoms with Gasteiger partial charge in [0, 0.05) is 12.1 Å². The van der Waals surface area contributed by atoms with Gasteiger partial charge in [0.05, 0.1) is 27.8 Å². The minimum atomic E-state index is -1.06. The highest BCUT2D eigenvalue weighted by Crippen LogP contribution is 2.28. The number of nitrogens with two attached hydrogens (primary N) is 1. The fraction of sp³-hybridized carbons (Fsp3) is 0.0714. The second-order valence-electron chi connectivity index (χ2n) is 5.13. The molecule has 0 saturated carbocycles. The van der Waals surface area contributed by atoms with Crippen LogP contribution in [0.25, 0.3) is 5.69 Å². The maximum absolute atomic E-state index is 14.4. The molecule has 122 valence electrons. The number of pyridine rings is 1. The molecule has 1 aromatic heterocycles. The van der Waals surface area contributed by atoms with Crippen LogP contribution in [-0.2, 0) is 0 Å². The lowest BCUT2D eigenvalue weighted by Crippen LogP contribution is -2.25. The van der Waals surface area contributed by atoms with E-state index in [0.717, 1.165) is 12.1 Å². The third kappa shape index (κ3) is 2.04. The second-order valence-corrected chi connectivity index (χ2v) is 5.13. The molecule has 24 heavy (non-hydrogen) atoms. The van der Waals surface area contributed by atoms with Crippen LogP contribution in [0.1, 0.15) is 26.3 Å². The van der Waals surface area contributed by atoms with Crippen LogP contribution in [0.5, 0.6) is 0 Å². The highest BCUT2D eigenvalue weighted by Gasteiger charge is 2.32. The molecule has 1 aliphatic rings. The largest absolute Gasteiger partial charge is 0.384 e. The van der Waals surface area contributed by atoms with Gasteiger partial charge in [-0.05, 0) is 12.5 Å². The van der Waals surface area contributed by atoms with E-state index in [-0.39, 0.29) is 22.4 Å². The molecule has 10 heteroatoms. The number of nitro benzene ring substituents is 1. The predicted octanol–water partition coefficient (Wildman–Crippen LogP) is 0.659. The molecule has 0 radical (unpaired) electrons. The average Bonchev–Trinajstić information content (AvgIpc) is 2.75. The second kappa shape index (κ2) is 4.98. The van der Waals surface area contributed by atoms with Gasteiger partial charge in [-0.2, -0.15) is 0 Å². The summed E-state index contributed by atoms with van der Waals surface area (Å²) < 4.78 is 15.1. The molecule has 0 spiro atoms. The molecular formula is C14H9FN4O5. The molecular weight excluding hydrogens is 323 g/mol. The summed E-state index contributed by atoms with van der Waals surface area (Å²) in [5.41, 5.74) is 3.79. The van der Waals surface area contributed by atoms with Crippen molar-refractivity contribution in [2.24, 2.45) is 0 Å². The highest BCUT2D eigenvalue weighted by molar-refractivity contribution is 6.23. The van der Waals surface area contributed by atoms with Crippen molar-refractivity contribution < 1.29 is 18.9 Å². The van der Waals surface area contributed by atoms with Crippen molar-refractivity contribution in [3.8, 4) is 5.69 Å². The summed E-state index contributed by atoms with van der Waals surface area (Å²) in [7, 11) is 0. The molecule has 0 atom stereocenters. The number of rotatable bonds is 2. The number of anilines is 1. The summed E-state index contributed by atoms with van der Waals surface area (Å²) in [4.78, 5) is 45.7. The molecule has 0 fully saturated rings. The number of imide groups is 1. The first-order valence-corrected chi connectivity index (χ1v) is 6.58. The Morgan fingerprint density at radius 3 is 2.46 bits per heavy atom. The van der Waals surface area contributed by atoms with Gasteiger partial charge < -0.3 is 5.73 Å². The minimum absolute atomic E-state index is 0.0696. The maximum Gasteiger partial charge on any atom is 0.272 e. The Labute approximate surface area is 132 Å². The van der Waals surface area contributed by atoms with E-state index < -0.39 is 39.6 Å². The summed E-state index contributed by atoms with van der Waals surface area (Å²) in [6, 6.07) is 2.58. The first-order chi connectivity index (χ1) is 11.2.